The topological polar surface area (TPSA) is 119 Å². The van der Waals surface area contributed by atoms with E-state index in [1.165, 1.54) is 12.3 Å². The number of carbonyl (C=O) groups excluding carboxylic acids is 1. The number of rotatable bonds is 9. The number of pyridine rings is 1. The summed E-state index contributed by atoms with van der Waals surface area (Å²) in [6.45, 7) is 2.33. The van der Waals surface area contributed by atoms with E-state index in [0.29, 0.717) is 37.9 Å². The van der Waals surface area contributed by atoms with Crippen molar-refractivity contribution in [3.63, 3.8) is 0 Å². The number of hydrogen-bond acceptors (Lipinski definition) is 9. The fourth-order valence-electron chi connectivity index (χ4n) is 3.54. The summed E-state index contributed by atoms with van der Waals surface area (Å²) in [6, 6.07) is 18.3. The van der Waals surface area contributed by atoms with E-state index >= 15 is 0 Å². The summed E-state index contributed by atoms with van der Waals surface area (Å²) in [6.07, 6.45) is 1.27. The lowest BCUT2D eigenvalue weighted by Crippen LogP contribution is -2.37. The molecule has 36 heavy (non-hydrogen) atoms. The number of hydrazone groups is 1. The fourth-order valence-corrected chi connectivity index (χ4v) is 4.59. The van der Waals surface area contributed by atoms with Gasteiger partial charge in [0.1, 0.15) is 27.9 Å². The second-order valence-corrected chi connectivity index (χ2v) is 9.34. The lowest BCUT2D eigenvalue weighted by Gasteiger charge is -2.28. The molecule has 11 heteroatoms. The molecule has 1 aliphatic heterocycles. The van der Waals surface area contributed by atoms with Gasteiger partial charge in [-0.3, -0.25) is 4.79 Å². The maximum atomic E-state index is 13.1. The fraction of sp³-hybridized carbons (Fsp3) is 0.240. The molecule has 0 atom stereocenters. The Hall–Kier alpha value is -3.96. The number of ether oxygens (including phenoxy) is 2. The van der Waals surface area contributed by atoms with Crippen LogP contribution < -0.4 is 19.2 Å². The number of morpholine rings is 1. The van der Waals surface area contributed by atoms with Gasteiger partial charge in [-0.15, -0.1) is 0 Å². The lowest BCUT2D eigenvalue weighted by atomic mass is 10.1. The van der Waals surface area contributed by atoms with Crippen LogP contribution in [0.2, 0.25) is 0 Å². The second-order valence-electron chi connectivity index (χ2n) is 7.82. The molecule has 0 radical (unpaired) electrons. The Morgan fingerprint density at radius 1 is 1.08 bits per heavy atom. The highest BCUT2D eigenvalue weighted by Gasteiger charge is 2.23. The zero-order valence-corrected chi connectivity index (χ0v) is 20.5. The van der Waals surface area contributed by atoms with Gasteiger partial charge in [0.2, 0.25) is 5.91 Å². The molecule has 1 saturated heterocycles. The molecule has 0 unspecified atom stereocenters. The van der Waals surface area contributed by atoms with Crippen LogP contribution in [0.15, 0.2) is 76.7 Å². The monoisotopic (exact) mass is 510 g/mol. The molecule has 3 aromatic rings. The molecule has 188 valence electrons. The third-order valence-electron chi connectivity index (χ3n) is 5.30. The number of para-hydroxylation sites is 1. The van der Waals surface area contributed by atoms with Crippen molar-refractivity contribution >= 4 is 28.1 Å². The van der Waals surface area contributed by atoms with Gasteiger partial charge in [-0.2, -0.15) is 13.5 Å². The zero-order chi connectivity index (χ0) is 25.4. The number of methoxy groups -OCH3 is 1. The Bertz CT molecular complexity index is 1330. The third-order valence-corrected chi connectivity index (χ3v) is 6.60. The first-order chi connectivity index (χ1) is 17.4. The first kappa shape index (κ1) is 25.1. The van der Waals surface area contributed by atoms with Gasteiger partial charge in [0.05, 0.1) is 33.0 Å². The summed E-state index contributed by atoms with van der Waals surface area (Å²) < 4.78 is 41.9. The highest BCUT2D eigenvalue weighted by molar-refractivity contribution is 7.87. The van der Waals surface area contributed by atoms with Crippen LogP contribution in [0.25, 0.3) is 0 Å². The predicted molar refractivity (Wildman–Crippen MR) is 134 cm³/mol. The van der Waals surface area contributed by atoms with Gasteiger partial charge in [0.25, 0.3) is 0 Å². The molecule has 1 aromatic heterocycles. The Labute approximate surface area is 209 Å². The largest absolute Gasteiger partial charge is 0.497 e. The molecule has 2 aromatic carbocycles. The Kier molecular flexibility index (Phi) is 8.13. The quantitative estimate of drug-likeness (QED) is 0.265. The van der Waals surface area contributed by atoms with Crippen LogP contribution >= 0.6 is 0 Å². The Balaban J connectivity index is 1.56. The molecule has 1 aliphatic rings. The summed E-state index contributed by atoms with van der Waals surface area (Å²) in [4.78, 5) is 18.7. The average Bonchev–Trinajstić information content (AvgIpc) is 2.89. The minimum Gasteiger partial charge on any atom is -0.497 e. The molecule has 1 amide bonds. The van der Waals surface area contributed by atoms with Crippen LogP contribution in [0.1, 0.15) is 11.3 Å². The second kappa shape index (κ2) is 11.6. The van der Waals surface area contributed by atoms with E-state index in [2.05, 4.69) is 15.5 Å². The van der Waals surface area contributed by atoms with Gasteiger partial charge in [-0.25, -0.2) is 10.4 Å². The lowest BCUT2D eigenvalue weighted by molar-refractivity contribution is -0.120. The van der Waals surface area contributed by atoms with Crippen LogP contribution in [0.4, 0.5) is 5.82 Å². The standard InChI is InChI=1S/C25H26N4O6S/c1-33-21-9-5-6-19(16-21)17-25(30)28-26-18-22-23(36(31,32)35-20-7-3-2-4-8-20)10-11-24(27-22)29-12-14-34-15-13-29/h2-11,16,18H,12-15,17H2,1H3,(H,28,30). The first-order valence-electron chi connectivity index (χ1n) is 11.2. The molecule has 2 heterocycles. The zero-order valence-electron chi connectivity index (χ0n) is 19.7. The van der Waals surface area contributed by atoms with Gasteiger partial charge in [0, 0.05) is 13.1 Å². The molecule has 0 bridgehead atoms. The molecule has 10 nitrogen and oxygen atoms in total. The van der Waals surface area contributed by atoms with Crippen molar-refractivity contribution in [3.8, 4) is 11.5 Å². The normalized spacial score (nSPS) is 14.0. The van der Waals surface area contributed by atoms with Gasteiger partial charge < -0.3 is 18.6 Å². The maximum absolute atomic E-state index is 13.1. The van der Waals surface area contributed by atoms with Gasteiger partial charge in [-0.1, -0.05) is 30.3 Å². The van der Waals surface area contributed by atoms with Crippen molar-refractivity contribution in [2.75, 3.05) is 38.3 Å². The summed E-state index contributed by atoms with van der Waals surface area (Å²) in [5, 5.41) is 3.97. The number of aromatic nitrogens is 1. The first-order valence-corrected chi connectivity index (χ1v) is 12.6. The van der Waals surface area contributed by atoms with Crippen LogP contribution in [0.3, 0.4) is 0 Å². The van der Waals surface area contributed by atoms with Gasteiger partial charge >= 0.3 is 10.1 Å². The SMILES string of the molecule is COc1cccc(CC(=O)NN=Cc2nc(N3CCOCC3)ccc2S(=O)(=O)Oc2ccccc2)c1. The molecule has 0 spiro atoms. The molecule has 4 rings (SSSR count). The van der Waals surface area contributed by atoms with Crippen LogP contribution in [0, 0.1) is 0 Å². The highest BCUT2D eigenvalue weighted by atomic mass is 32.2. The highest BCUT2D eigenvalue weighted by Crippen LogP contribution is 2.23. The van der Waals surface area contributed by atoms with E-state index in [1.807, 2.05) is 4.90 Å². The van der Waals surface area contributed by atoms with Crippen LogP contribution in [-0.4, -0.2) is 58.9 Å². The van der Waals surface area contributed by atoms with Crippen molar-refractivity contribution in [1.82, 2.24) is 10.4 Å². The smallest absolute Gasteiger partial charge is 0.341 e. The number of amides is 1. The molecule has 1 fully saturated rings. The summed E-state index contributed by atoms with van der Waals surface area (Å²) in [7, 11) is -2.67. The van der Waals surface area contributed by atoms with E-state index in [4.69, 9.17) is 13.7 Å². The van der Waals surface area contributed by atoms with E-state index < -0.39 is 10.1 Å². The van der Waals surface area contributed by atoms with E-state index in [-0.39, 0.29) is 28.7 Å². The van der Waals surface area contributed by atoms with Crippen molar-refractivity contribution in [2.45, 2.75) is 11.3 Å². The van der Waals surface area contributed by atoms with E-state index in [1.54, 1.807) is 67.8 Å². The number of nitrogens with one attached hydrogen (secondary N) is 1. The third kappa shape index (κ3) is 6.58. The van der Waals surface area contributed by atoms with Crippen LogP contribution in [0.5, 0.6) is 11.5 Å². The minimum absolute atomic E-state index is 0.0385. The van der Waals surface area contributed by atoms with E-state index in [0.717, 1.165) is 5.56 Å². The van der Waals surface area contributed by atoms with Crippen molar-refractivity contribution in [3.05, 3.63) is 78.0 Å². The predicted octanol–water partition coefficient (Wildman–Crippen LogP) is 2.39. The molecule has 0 saturated carbocycles. The van der Waals surface area contributed by atoms with Crippen molar-refractivity contribution < 1.29 is 26.9 Å². The summed E-state index contributed by atoms with van der Waals surface area (Å²) in [5.74, 6) is 1.00. The molecule has 0 aliphatic carbocycles. The summed E-state index contributed by atoms with van der Waals surface area (Å²) >= 11 is 0. The van der Waals surface area contributed by atoms with E-state index in [9.17, 15) is 13.2 Å². The Morgan fingerprint density at radius 3 is 2.58 bits per heavy atom. The number of anilines is 1. The minimum atomic E-state index is -4.22. The maximum Gasteiger partial charge on any atom is 0.341 e. The van der Waals surface area contributed by atoms with Crippen molar-refractivity contribution in [2.24, 2.45) is 5.10 Å². The number of nitrogens with zero attached hydrogens (tertiary/aromatic N) is 3. The molecular formula is C25H26N4O6S. The molecule has 1 N–H and O–H groups in total. The molecular weight excluding hydrogens is 484 g/mol. The average molecular weight is 511 g/mol. The summed E-state index contributed by atoms with van der Waals surface area (Å²) in [5.41, 5.74) is 3.21. The van der Waals surface area contributed by atoms with Crippen molar-refractivity contribution in [1.29, 1.82) is 0 Å². The Morgan fingerprint density at radius 2 is 1.83 bits per heavy atom. The van der Waals surface area contributed by atoms with Gasteiger partial charge in [-0.05, 0) is 42.0 Å². The number of hydrogen-bond donors (Lipinski definition) is 1. The number of carbonyl (C=O) groups is 1. The number of benzene rings is 2. The van der Waals surface area contributed by atoms with Gasteiger partial charge in [0.15, 0.2) is 0 Å². The van der Waals surface area contributed by atoms with Crippen LogP contribution in [-0.2, 0) is 26.1 Å².